The number of anilines is 1. The van der Waals surface area contributed by atoms with Crippen LogP contribution in [0.4, 0.5) is 5.69 Å². The number of phenols is 1. The van der Waals surface area contributed by atoms with Gasteiger partial charge in [-0.2, -0.15) is 5.10 Å². The molecule has 2 aromatic rings. The molecular formula is C12H16N4O3S. The fourth-order valence-electron chi connectivity index (χ4n) is 1.93. The van der Waals surface area contributed by atoms with Gasteiger partial charge in [-0.05, 0) is 32.0 Å². The van der Waals surface area contributed by atoms with Crippen molar-refractivity contribution < 1.29 is 13.5 Å². The minimum atomic E-state index is -3.70. The van der Waals surface area contributed by atoms with Crippen LogP contribution in [0.3, 0.4) is 0 Å². The van der Waals surface area contributed by atoms with E-state index in [1.807, 2.05) is 0 Å². The summed E-state index contributed by atoms with van der Waals surface area (Å²) in [6, 6.07) is 4.48. The lowest BCUT2D eigenvalue weighted by Crippen LogP contribution is -2.24. The van der Waals surface area contributed by atoms with Crippen LogP contribution in [0.5, 0.6) is 5.75 Å². The highest BCUT2D eigenvalue weighted by Gasteiger charge is 2.22. The second-order valence-electron chi connectivity index (χ2n) is 4.48. The van der Waals surface area contributed by atoms with Gasteiger partial charge in [-0.1, -0.05) is 0 Å². The molecule has 0 fully saturated rings. The standard InChI is InChI=1S/C12H16N4O3S/c1-7-12(8(2)16-15-7)20(18,19)14-6-9-5-10(13)3-4-11(9)17/h3-5,14,17H,6,13H2,1-2H3,(H,15,16). The minimum absolute atomic E-state index is 0.0115. The number of nitrogens with zero attached hydrogens (tertiary/aromatic N) is 1. The Balaban J connectivity index is 2.24. The first kappa shape index (κ1) is 14.4. The number of nitrogens with two attached hydrogens (primary N) is 1. The van der Waals surface area contributed by atoms with Crippen molar-refractivity contribution in [2.45, 2.75) is 25.3 Å². The van der Waals surface area contributed by atoms with Crippen molar-refractivity contribution in [1.82, 2.24) is 14.9 Å². The Morgan fingerprint density at radius 2 is 2.10 bits per heavy atom. The van der Waals surface area contributed by atoms with Gasteiger partial charge < -0.3 is 10.8 Å². The molecule has 0 aliphatic rings. The van der Waals surface area contributed by atoms with E-state index in [4.69, 9.17) is 5.73 Å². The average Bonchev–Trinajstić information content (AvgIpc) is 2.71. The second kappa shape index (κ2) is 5.14. The zero-order valence-corrected chi connectivity index (χ0v) is 12.0. The third kappa shape index (κ3) is 2.75. The number of phenolic OH excluding ortho intramolecular Hbond substituents is 1. The van der Waals surface area contributed by atoms with Gasteiger partial charge >= 0.3 is 0 Å². The van der Waals surface area contributed by atoms with Gasteiger partial charge in [0.05, 0.1) is 11.4 Å². The SMILES string of the molecule is Cc1n[nH]c(C)c1S(=O)(=O)NCc1cc(N)ccc1O. The molecule has 0 atom stereocenters. The van der Waals surface area contributed by atoms with Gasteiger partial charge in [0.25, 0.3) is 0 Å². The zero-order valence-electron chi connectivity index (χ0n) is 11.1. The number of hydrogen-bond acceptors (Lipinski definition) is 5. The highest BCUT2D eigenvalue weighted by molar-refractivity contribution is 7.89. The predicted molar refractivity (Wildman–Crippen MR) is 74.6 cm³/mol. The fourth-order valence-corrected chi connectivity index (χ4v) is 3.30. The maximum Gasteiger partial charge on any atom is 0.244 e. The van der Waals surface area contributed by atoms with E-state index in [0.717, 1.165) is 0 Å². The number of H-pyrrole nitrogens is 1. The lowest BCUT2D eigenvalue weighted by molar-refractivity contribution is 0.467. The van der Waals surface area contributed by atoms with Crippen molar-refractivity contribution in [3.8, 4) is 5.75 Å². The van der Waals surface area contributed by atoms with Crippen LogP contribution < -0.4 is 10.5 Å². The van der Waals surface area contributed by atoms with Gasteiger partial charge in [0.1, 0.15) is 10.6 Å². The molecule has 0 spiro atoms. The molecule has 2 rings (SSSR count). The summed E-state index contributed by atoms with van der Waals surface area (Å²) < 4.78 is 26.9. The van der Waals surface area contributed by atoms with Crippen molar-refractivity contribution in [3.63, 3.8) is 0 Å². The Hall–Kier alpha value is -2.06. The molecule has 1 heterocycles. The Morgan fingerprint density at radius 3 is 2.70 bits per heavy atom. The summed E-state index contributed by atoms with van der Waals surface area (Å²) in [5, 5.41) is 16.1. The summed E-state index contributed by atoms with van der Waals surface area (Å²) in [6.07, 6.45) is 0. The number of aryl methyl sites for hydroxylation is 2. The van der Waals surface area contributed by atoms with Crippen LogP contribution in [0.2, 0.25) is 0 Å². The minimum Gasteiger partial charge on any atom is -0.508 e. The highest BCUT2D eigenvalue weighted by Crippen LogP contribution is 2.21. The van der Waals surface area contributed by atoms with Crippen LogP contribution in [-0.2, 0) is 16.6 Å². The van der Waals surface area contributed by atoms with Crippen LogP contribution in [0.25, 0.3) is 0 Å². The molecule has 0 amide bonds. The molecule has 0 saturated heterocycles. The Morgan fingerprint density at radius 1 is 1.40 bits per heavy atom. The normalized spacial score (nSPS) is 11.7. The van der Waals surface area contributed by atoms with E-state index in [9.17, 15) is 13.5 Å². The molecule has 0 radical (unpaired) electrons. The summed E-state index contributed by atoms with van der Waals surface area (Å²) in [5.41, 5.74) is 7.33. The molecule has 5 N–H and O–H groups in total. The molecule has 1 aromatic carbocycles. The Kier molecular flexibility index (Phi) is 3.69. The number of benzene rings is 1. The summed E-state index contributed by atoms with van der Waals surface area (Å²) in [5.74, 6) is -0.0115. The molecule has 7 nitrogen and oxygen atoms in total. The average molecular weight is 296 g/mol. The van der Waals surface area contributed by atoms with E-state index >= 15 is 0 Å². The van der Waals surface area contributed by atoms with Gasteiger partial charge in [0, 0.05) is 17.8 Å². The molecule has 0 saturated carbocycles. The molecule has 1 aromatic heterocycles. The number of nitrogen functional groups attached to an aromatic ring is 1. The first-order valence-corrected chi connectivity index (χ1v) is 7.38. The molecule has 8 heteroatoms. The van der Waals surface area contributed by atoms with Gasteiger partial charge in [-0.25, -0.2) is 13.1 Å². The summed E-state index contributed by atoms with van der Waals surface area (Å²) in [4.78, 5) is 0.126. The van der Waals surface area contributed by atoms with Crippen LogP contribution in [0.15, 0.2) is 23.1 Å². The molecule has 0 bridgehead atoms. The van der Waals surface area contributed by atoms with Crippen LogP contribution in [0.1, 0.15) is 17.0 Å². The zero-order chi connectivity index (χ0) is 14.9. The molecule has 108 valence electrons. The van der Waals surface area contributed by atoms with Crippen molar-refractivity contribution in [3.05, 3.63) is 35.2 Å². The van der Waals surface area contributed by atoms with E-state index in [0.29, 0.717) is 22.6 Å². The van der Waals surface area contributed by atoms with Gasteiger partial charge in [-0.3, -0.25) is 5.10 Å². The lowest BCUT2D eigenvalue weighted by atomic mass is 10.2. The van der Waals surface area contributed by atoms with Crippen LogP contribution >= 0.6 is 0 Å². The van der Waals surface area contributed by atoms with Crippen molar-refractivity contribution in [1.29, 1.82) is 0 Å². The molecule has 0 aliphatic heterocycles. The van der Waals surface area contributed by atoms with Crippen molar-refractivity contribution in [2.24, 2.45) is 0 Å². The maximum atomic E-state index is 12.2. The summed E-state index contributed by atoms with van der Waals surface area (Å²) in [7, 11) is -3.70. The smallest absolute Gasteiger partial charge is 0.244 e. The Labute approximate surface area is 116 Å². The number of sulfonamides is 1. The largest absolute Gasteiger partial charge is 0.508 e. The Bertz CT molecular complexity index is 718. The quantitative estimate of drug-likeness (QED) is 0.491. The summed E-state index contributed by atoms with van der Waals surface area (Å²) >= 11 is 0. The second-order valence-corrected chi connectivity index (χ2v) is 6.18. The van der Waals surface area contributed by atoms with Crippen LogP contribution in [-0.4, -0.2) is 23.7 Å². The molecule has 20 heavy (non-hydrogen) atoms. The van der Waals surface area contributed by atoms with E-state index in [2.05, 4.69) is 14.9 Å². The third-order valence-electron chi connectivity index (χ3n) is 2.89. The first-order valence-electron chi connectivity index (χ1n) is 5.90. The fraction of sp³-hybridized carbons (Fsp3) is 0.250. The molecular weight excluding hydrogens is 280 g/mol. The monoisotopic (exact) mass is 296 g/mol. The van der Waals surface area contributed by atoms with E-state index in [1.54, 1.807) is 13.8 Å². The van der Waals surface area contributed by atoms with Crippen LogP contribution in [0, 0.1) is 13.8 Å². The number of aromatic nitrogens is 2. The maximum absolute atomic E-state index is 12.2. The van der Waals surface area contributed by atoms with E-state index in [-0.39, 0.29) is 17.2 Å². The van der Waals surface area contributed by atoms with E-state index in [1.165, 1.54) is 18.2 Å². The highest BCUT2D eigenvalue weighted by atomic mass is 32.2. The van der Waals surface area contributed by atoms with Gasteiger partial charge in [0.2, 0.25) is 10.0 Å². The number of aromatic hydroxyl groups is 1. The topological polar surface area (TPSA) is 121 Å². The van der Waals surface area contributed by atoms with Crippen molar-refractivity contribution in [2.75, 3.05) is 5.73 Å². The number of hydrogen-bond donors (Lipinski definition) is 4. The lowest BCUT2D eigenvalue weighted by Gasteiger charge is -2.09. The number of nitrogens with one attached hydrogen (secondary N) is 2. The van der Waals surface area contributed by atoms with Gasteiger partial charge in [0.15, 0.2) is 0 Å². The van der Waals surface area contributed by atoms with Gasteiger partial charge in [-0.15, -0.1) is 0 Å². The number of rotatable bonds is 4. The number of aromatic amines is 1. The predicted octanol–water partition coefficient (Wildman–Crippen LogP) is 0.793. The summed E-state index contributed by atoms with van der Waals surface area (Å²) in [6.45, 7) is 3.19. The first-order chi connectivity index (χ1) is 9.31. The molecule has 0 aliphatic carbocycles. The molecule has 0 unspecified atom stereocenters. The van der Waals surface area contributed by atoms with E-state index < -0.39 is 10.0 Å². The van der Waals surface area contributed by atoms with Crippen molar-refractivity contribution >= 4 is 15.7 Å². The third-order valence-corrected chi connectivity index (χ3v) is 4.55.